The third-order valence-electron chi connectivity index (χ3n) is 3.46. The fourth-order valence-corrected chi connectivity index (χ4v) is 2.31. The molecule has 1 fully saturated rings. The molecule has 3 N–H and O–H groups in total. The van der Waals surface area contributed by atoms with Crippen LogP contribution in [-0.2, 0) is 9.59 Å². The summed E-state index contributed by atoms with van der Waals surface area (Å²) in [7, 11) is 0. The molecule has 0 aromatic heterocycles. The van der Waals surface area contributed by atoms with E-state index in [0.717, 1.165) is 58.2 Å². The van der Waals surface area contributed by atoms with Crippen molar-refractivity contribution in [2.24, 2.45) is 5.73 Å². The van der Waals surface area contributed by atoms with E-state index in [2.05, 4.69) is 5.32 Å². The van der Waals surface area contributed by atoms with Crippen LogP contribution in [0.4, 0.5) is 0 Å². The quantitative estimate of drug-likeness (QED) is 0.600. The summed E-state index contributed by atoms with van der Waals surface area (Å²) < 4.78 is 0. The standard InChI is InChI=1S/C14H27N3O2.ClH/c15-9-4-2-1-3-7-13(18)16-10-6-12-17-11-5-8-14(17)19;/h1-12,15H2,(H,16,18);1H. The number of nitrogens with two attached hydrogens (primary N) is 1. The molecular weight excluding hydrogens is 278 g/mol. The monoisotopic (exact) mass is 305 g/mol. The predicted octanol–water partition coefficient (Wildman–Crippen LogP) is 1.45. The van der Waals surface area contributed by atoms with Crippen LogP contribution in [0.1, 0.15) is 51.4 Å². The molecule has 0 spiro atoms. The molecule has 1 rings (SSSR count). The van der Waals surface area contributed by atoms with Gasteiger partial charge in [-0.2, -0.15) is 0 Å². The second-order valence-corrected chi connectivity index (χ2v) is 5.14. The molecule has 2 amide bonds. The van der Waals surface area contributed by atoms with Crippen LogP contribution in [-0.4, -0.2) is 42.9 Å². The van der Waals surface area contributed by atoms with Crippen LogP contribution in [0.5, 0.6) is 0 Å². The van der Waals surface area contributed by atoms with Crippen molar-refractivity contribution in [1.82, 2.24) is 10.2 Å². The van der Waals surface area contributed by atoms with Gasteiger partial charge in [0, 0.05) is 32.5 Å². The number of carbonyl (C=O) groups is 2. The van der Waals surface area contributed by atoms with E-state index in [-0.39, 0.29) is 24.2 Å². The Kier molecular flexibility index (Phi) is 11.5. The van der Waals surface area contributed by atoms with Crippen molar-refractivity contribution in [2.45, 2.75) is 51.4 Å². The number of nitrogens with one attached hydrogen (secondary N) is 1. The number of halogens is 1. The van der Waals surface area contributed by atoms with Gasteiger partial charge in [-0.15, -0.1) is 12.4 Å². The van der Waals surface area contributed by atoms with Gasteiger partial charge in [0.05, 0.1) is 0 Å². The first kappa shape index (κ1) is 19.2. The van der Waals surface area contributed by atoms with E-state index in [1.54, 1.807) is 0 Å². The molecule has 0 saturated carbocycles. The van der Waals surface area contributed by atoms with E-state index in [4.69, 9.17) is 5.73 Å². The van der Waals surface area contributed by atoms with E-state index >= 15 is 0 Å². The van der Waals surface area contributed by atoms with Crippen LogP contribution < -0.4 is 11.1 Å². The van der Waals surface area contributed by atoms with Crippen LogP contribution >= 0.6 is 12.4 Å². The van der Waals surface area contributed by atoms with E-state index in [0.29, 0.717) is 19.4 Å². The number of likely N-dealkylation sites (tertiary alicyclic amines) is 1. The van der Waals surface area contributed by atoms with Gasteiger partial charge in [0.25, 0.3) is 0 Å². The third-order valence-corrected chi connectivity index (χ3v) is 3.46. The Hall–Kier alpha value is -0.810. The summed E-state index contributed by atoms with van der Waals surface area (Å²) in [5.41, 5.74) is 5.41. The number of unbranched alkanes of at least 4 members (excludes halogenated alkanes) is 3. The first-order valence-corrected chi connectivity index (χ1v) is 7.48. The first-order valence-electron chi connectivity index (χ1n) is 7.48. The summed E-state index contributed by atoms with van der Waals surface area (Å²) in [5.74, 6) is 0.381. The third kappa shape index (κ3) is 8.38. The minimum absolute atomic E-state index is 0. The Morgan fingerprint density at radius 3 is 2.60 bits per heavy atom. The molecular formula is C14H28ClN3O2. The lowest BCUT2D eigenvalue weighted by Gasteiger charge is -2.15. The van der Waals surface area contributed by atoms with Crippen molar-refractivity contribution in [1.29, 1.82) is 0 Å². The molecule has 1 saturated heterocycles. The number of rotatable bonds is 10. The fourth-order valence-electron chi connectivity index (χ4n) is 2.31. The maximum absolute atomic E-state index is 11.5. The number of hydrogen-bond acceptors (Lipinski definition) is 3. The zero-order valence-electron chi connectivity index (χ0n) is 12.2. The molecule has 1 heterocycles. The number of nitrogens with zero attached hydrogens (tertiary/aromatic N) is 1. The maximum atomic E-state index is 11.5. The highest BCUT2D eigenvalue weighted by molar-refractivity contribution is 5.85. The van der Waals surface area contributed by atoms with Crippen molar-refractivity contribution < 1.29 is 9.59 Å². The zero-order valence-corrected chi connectivity index (χ0v) is 13.1. The Bertz CT molecular complexity index is 288. The SMILES string of the molecule is Cl.NCCCCCCC(=O)NCCCN1CCCC1=O. The first-order chi connectivity index (χ1) is 9.24. The van der Waals surface area contributed by atoms with E-state index in [1.807, 2.05) is 4.90 Å². The van der Waals surface area contributed by atoms with Crippen molar-refractivity contribution in [3.8, 4) is 0 Å². The van der Waals surface area contributed by atoms with Crippen LogP contribution in [0.3, 0.4) is 0 Å². The highest BCUT2D eigenvalue weighted by Gasteiger charge is 2.18. The smallest absolute Gasteiger partial charge is 0.222 e. The molecule has 0 bridgehead atoms. The normalized spacial score (nSPS) is 14.2. The van der Waals surface area contributed by atoms with Gasteiger partial charge in [-0.05, 0) is 32.2 Å². The molecule has 5 nitrogen and oxygen atoms in total. The fraction of sp³-hybridized carbons (Fsp3) is 0.857. The lowest BCUT2D eigenvalue weighted by molar-refractivity contribution is -0.127. The molecule has 118 valence electrons. The summed E-state index contributed by atoms with van der Waals surface area (Å²) in [6, 6.07) is 0. The van der Waals surface area contributed by atoms with Crippen LogP contribution in [0.2, 0.25) is 0 Å². The van der Waals surface area contributed by atoms with Gasteiger partial charge in [-0.25, -0.2) is 0 Å². The summed E-state index contributed by atoms with van der Waals surface area (Å²) in [6.07, 6.45) is 7.30. The average Bonchev–Trinajstić information content (AvgIpc) is 2.80. The Morgan fingerprint density at radius 2 is 1.95 bits per heavy atom. The van der Waals surface area contributed by atoms with Crippen molar-refractivity contribution in [3.05, 3.63) is 0 Å². The van der Waals surface area contributed by atoms with Crippen LogP contribution in [0.25, 0.3) is 0 Å². The minimum atomic E-state index is 0. The second kappa shape index (κ2) is 12.0. The topological polar surface area (TPSA) is 75.4 Å². The van der Waals surface area contributed by atoms with Gasteiger partial charge in [0.15, 0.2) is 0 Å². The molecule has 0 aliphatic carbocycles. The van der Waals surface area contributed by atoms with Crippen LogP contribution in [0, 0.1) is 0 Å². The Balaban J connectivity index is 0.00000361. The molecule has 0 aromatic carbocycles. The lowest BCUT2D eigenvalue weighted by atomic mass is 10.1. The molecule has 0 atom stereocenters. The average molecular weight is 306 g/mol. The predicted molar refractivity (Wildman–Crippen MR) is 82.8 cm³/mol. The molecule has 20 heavy (non-hydrogen) atoms. The Morgan fingerprint density at radius 1 is 1.20 bits per heavy atom. The van der Waals surface area contributed by atoms with Gasteiger partial charge in [-0.3, -0.25) is 9.59 Å². The van der Waals surface area contributed by atoms with Gasteiger partial charge < -0.3 is 16.0 Å². The molecule has 1 aliphatic rings. The molecule has 6 heteroatoms. The van der Waals surface area contributed by atoms with Gasteiger partial charge >= 0.3 is 0 Å². The summed E-state index contributed by atoms with van der Waals surface area (Å²) in [5, 5.41) is 2.91. The number of carbonyl (C=O) groups excluding carboxylic acids is 2. The molecule has 0 unspecified atom stereocenters. The minimum Gasteiger partial charge on any atom is -0.356 e. The maximum Gasteiger partial charge on any atom is 0.222 e. The summed E-state index contributed by atoms with van der Waals surface area (Å²) >= 11 is 0. The van der Waals surface area contributed by atoms with Crippen molar-refractivity contribution in [3.63, 3.8) is 0 Å². The molecule has 0 radical (unpaired) electrons. The number of amides is 2. The molecule has 0 aromatic rings. The van der Waals surface area contributed by atoms with Gasteiger partial charge in [0.2, 0.25) is 11.8 Å². The van der Waals surface area contributed by atoms with Gasteiger partial charge in [-0.1, -0.05) is 12.8 Å². The molecule has 1 aliphatic heterocycles. The second-order valence-electron chi connectivity index (χ2n) is 5.14. The van der Waals surface area contributed by atoms with Crippen molar-refractivity contribution in [2.75, 3.05) is 26.2 Å². The van der Waals surface area contributed by atoms with Gasteiger partial charge in [0.1, 0.15) is 0 Å². The highest BCUT2D eigenvalue weighted by atomic mass is 35.5. The lowest BCUT2D eigenvalue weighted by Crippen LogP contribution is -2.30. The van der Waals surface area contributed by atoms with E-state index in [9.17, 15) is 9.59 Å². The van der Waals surface area contributed by atoms with Crippen molar-refractivity contribution >= 4 is 24.2 Å². The summed E-state index contributed by atoms with van der Waals surface area (Å²) in [6.45, 7) is 3.07. The largest absolute Gasteiger partial charge is 0.356 e. The number of hydrogen-bond donors (Lipinski definition) is 2. The zero-order chi connectivity index (χ0) is 13.9. The van der Waals surface area contributed by atoms with E-state index < -0.39 is 0 Å². The van der Waals surface area contributed by atoms with E-state index in [1.165, 1.54) is 0 Å². The Labute approximate surface area is 128 Å². The van der Waals surface area contributed by atoms with Crippen LogP contribution in [0.15, 0.2) is 0 Å². The highest BCUT2D eigenvalue weighted by Crippen LogP contribution is 2.09. The summed E-state index contributed by atoms with van der Waals surface area (Å²) in [4.78, 5) is 24.8.